The van der Waals surface area contributed by atoms with E-state index in [1.807, 2.05) is 12.1 Å². The zero-order valence-electron chi connectivity index (χ0n) is 18.7. The van der Waals surface area contributed by atoms with E-state index < -0.39 is 0 Å². The number of benzene rings is 2. The van der Waals surface area contributed by atoms with Crippen LogP contribution in [0.2, 0.25) is 0 Å². The molecular weight excluding hydrogens is 414 g/mol. The predicted octanol–water partition coefficient (Wildman–Crippen LogP) is 4.39. The van der Waals surface area contributed by atoms with Gasteiger partial charge in [0.1, 0.15) is 0 Å². The molecule has 1 saturated heterocycles. The van der Waals surface area contributed by atoms with E-state index in [1.165, 1.54) is 18.4 Å². The first-order chi connectivity index (χ1) is 14.7. The number of ketones is 1. The van der Waals surface area contributed by atoms with Gasteiger partial charge in [0.15, 0.2) is 17.3 Å². The summed E-state index contributed by atoms with van der Waals surface area (Å²) in [6.45, 7) is 3.27. The van der Waals surface area contributed by atoms with Gasteiger partial charge in [-0.2, -0.15) is 0 Å². The highest BCUT2D eigenvalue weighted by atomic mass is 35.5. The number of carbonyl (C=O) groups excluding carboxylic acids is 1. The number of hydrogen-bond donors (Lipinski definition) is 1. The van der Waals surface area contributed by atoms with Crippen molar-refractivity contribution in [3.05, 3.63) is 59.2 Å². The van der Waals surface area contributed by atoms with Crippen LogP contribution in [0.15, 0.2) is 42.5 Å². The Hall–Kier alpha value is -2.08. The van der Waals surface area contributed by atoms with Crippen LogP contribution in [-0.2, 0) is 13.0 Å². The molecule has 1 heterocycles. The first-order valence-electron chi connectivity index (χ1n) is 10.7. The van der Waals surface area contributed by atoms with Gasteiger partial charge in [0.25, 0.3) is 0 Å². The number of Topliss-reactive ketones (excluding diaryl/α,β-unsaturated/α-hetero) is 1. The second-order valence-electron chi connectivity index (χ2n) is 8.07. The van der Waals surface area contributed by atoms with Gasteiger partial charge >= 0.3 is 0 Å². The lowest BCUT2D eigenvalue weighted by Gasteiger charge is -2.32. The number of aliphatic hydroxyl groups is 1. The molecule has 1 atom stereocenters. The molecule has 4 rings (SSSR count). The zero-order valence-corrected chi connectivity index (χ0v) is 19.5. The van der Waals surface area contributed by atoms with Crippen molar-refractivity contribution in [1.82, 2.24) is 4.90 Å². The van der Waals surface area contributed by atoms with E-state index in [2.05, 4.69) is 35.2 Å². The second kappa shape index (κ2) is 12.1. The smallest absolute Gasteiger partial charge is 0.166 e. The van der Waals surface area contributed by atoms with Crippen molar-refractivity contribution in [2.24, 2.45) is 11.8 Å². The van der Waals surface area contributed by atoms with E-state index in [1.54, 1.807) is 14.2 Å². The van der Waals surface area contributed by atoms with Crippen molar-refractivity contribution in [2.45, 2.75) is 32.2 Å². The van der Waals surface area contributed by atoms with Gasteiger partial charge in [-0.05, 0) is 68.0 Å². The SMILES string of the molecule is CO.COc1cc2c(cc1OC)C(=O)C(CC1CCN(Cc3ccccc3)CC1)C2.Cl. The van der Waals surface area contributed by atoms with Crippen LogP contribution in [0.25, 0.3) is 0 Å². The van der Waals surface area contributed by atoms with Crippen LogP contribution < -0.4 is 9.47 Å². The van der Waals surface area contributed by atoms with Crippen molar-refractivity contribution in [1.29, 1.82) is 0 Å². The van der Waals surface area contributed by atoms with Gasteiger partial charge in [-0.15, -0.1) is 12.4 Å². The Morgan fingerprint density at radius 1 is 1.00 bits per heavy atom. The number of hydrogen-bond acceptors (Lipinski definition) is 5. The molecule has 0 amide bonds. The molecule has 2 aromatic carbocycles. The van der Waals surface area contributed by atoms with E-state index in [9.17, 15) is 4.79 Å². The average molecular weight is 448 g/mol. The molecule has 6 heteroatoms. The van der Waals surface area contributed by atoms with Gasteiger partial charge in [0.2, 0.25) is 0 Å². The lowest BCUT2D eigenvalue weighted by Crippen LogP contribution is -2.34. The zero-order chi connectivity index (χ0) is 21.5. The normalized spacial score (nSPS) is 18.5. The largest absolute Gasteiger partial charge is 0.493 e. The summed E-state index contributed by atoms with van der Waals surface area (Å²) >= 11 is 0. The molecular formula is C25H34ClNO4. The predicted molar refractivity (Wildman–Crippen MR) is 126 cm³/mol. The van der Waals surface area contributed by atoms with Crippen molar-refractivity contribution in [3.8, 4) is 11.5 Å². The van der Waals surface area contributed by atoms with Crippen molar-refractivity contribution in [3.63, 3.8) is 0 Å². The monoisotopic (exact) mass is 447 g/mol. The van der Waals surface area contributed by atoms with Gasteiger partial charge in [-0.3, -0.25) is 9.69 Å². The Labute approximate surface area is 191 Å². The maximum absolute atomic E-state index is 12.9. The maximum Gasteiger partial charge on any atom is 0.166 e. The number of halogens is 1. The Kier molecular flexibility index (Phi) is 9.82. The van der Waals surface area contributed by atoms with E-state index in [-0.39, 0.29) is 24.1 Å². The number of fused-ring (bicyclic) bond motifs is 1. The molecule has 2 aromatic rings. The topological polar surface area (TPSA) is 59.0 Å². The summed E-state index contributed by atoms with van der Waals surface area (Å²) < 4.78 is 10.8. The molecule has 0 saturated carbocycles. The minimum absolute atomic E-state index is 0. The molecule has 1 fully saturated rings. The standard InChI is InChI=1S/C24H29NO3.CH4O.ClH/c1-27-22-14-19-13-20(24(26)21(19)15-23(22)28-2)12-17-8-10-25(11-9-17)16-18-6-4-3-5-7-18;1-2;/h3-7,14-15,17,20H,8-13,16H2,1-2H3;2H,1H3;1H. The van der Waals surface area contributed by atoms with Crippen LogP contribution in [0.3, 0.4) is 0 Å². The van der Waals surface area contributed by atoms with Gasteiger partial charge in [-0.25, -0.2) is 0 Å². The van der Waals surface area contributed by atoms with Crippen LogP contribution in [0, 0.1) is 11.8 Å². The molecule has 0 aromatic heterocycles. The Morgan fingerprint density at radius 3 is 2.23 bits per heavy atom. The molecule has 0 radical (unpaired) electrons. The van der Waals surface area contributed by atoms with Crippen LogP contribution in [0.1, 0.15) is 40.7 Å². The van der Waals surface area contributed by atoms with Gasteiger partial charge in [-0.1, -0.05) is 30.3 Å². The minimum Gasteiger partial charge on any atom is -0.493 e. The number of aliphatic hydroxyl groups excluding tert-OH is 1. The molecule has 5 nitrogen and oxygen atoms in total. The molecule has 1 N–H and O–H groups in total. The number of piperidine rings is 1. The van der Waals surface area contributed by atoms with Gasteiger partial charge in [0.05, 0.1) is 14.2 Å². The third-order valence-electron chi connectivity index (χ3n) is 6.29. The number of likely N-dealkylation sites (tertiary alicyclic amines) is 1. The first-order valence-corrected chi connectivity index (χ1v) is 10.7. The van der Waals surface area contributed by atoms with E-state index in [4.69, 9.17) is 14.6 Å². The molecule has 170 valence electrons. The quantitative estimate of drug-likeness (QED) is 0.711. The van der Waals surface area contributed by atoms with Crippen molar-refractivity contribution >= 4 is 18.2 Å². The van der Waals surface area contributed by atoms with E-state index >= 15 is 0 Å². The third-order valence-corrected chi connectivity index (χ3v) is 6.29. The van der Waals surface area contributed by atoms with E-state index in [0.717, 1.165) is 50.7 Å². The molecule has 2 aliphatic rings. The highest BCUT2D eigenvalue weighted by molar-refractivity contribution is 6.02. The molecule has 31 heavy (non-hydrogen) atoms. The second-order valence-corrected chi connectivity index (χ2v) is 8.07. The summed E-state index contributed by atoms with van der Waals surface area (Å²) in [5.41, 5.74) is 3.31. The average Bonchev–Trinajstić information content (AvgIpc) is 3.10. The fraction of sp³-hybridized carbons (Fsp3) is 0.480. The fourth-order valence-corrected chi connectivity index (χ4v) is 4.71. The Balaban J connectivity index is 0.00000111. The van der Waals surface area contributed by atoms with E-state index in [0.29, 0.717) is 17.4 Å². The summed E-state index contributed by atoms with van der Waals surface area (Å²) in [4.78, 5) is 15.5. The molecule has 1 aliphatic carbocycles. The highest BCUT2D eigenvalue weighted by Crippen LogP contribution is 2.39. The minimum atomic E-state index is 0. The lowest BCUT2D eigenvalue weighted by atomic mass is 9.85. The van der Waals surface area contributed by atoms with Crippen LogP contribution in [0.4, 0.5) is 0 Å². The van der Waals surface area contributed by atoms with Crippen LogP contribution >= 0.6 is 12.4 Å². The number of nitrogens with zero attached hydrogens (tertiary/aromatic N) is 1. The molecule has 1 aliphatic heterocycles. The summed E-state index contributed by atoms with van der Waals surface area (Å²) in [5.74, 6) is 2.38. The number of rotatable bonds is 6. The van der Waals surface area contributed by atoms with Gasteiger partial charge < -0.3 is 14.6 Å². The van der Waals surface area contributed by atoms with Crippen molar-refractivity contribution in [2.75, 3.05) is 34.4 Å². The maximum atomic E-state index is 12.9. The highest BCUT2D eigenvalue weighted by Gasteiger charge is 2.34. The lowest BCUT2D eigenvalue weighted by molar-refractivity contribution is 0.0895. The third kappa shape index (κ3) is 6.00. The molecule has 0 spiro atoms. The fourth-order valence-electron chi connectivity index (χ4n) is 4.71. The molecule has 0 bridgehead atoms. The van der Waals surface area contributed by atoms with Crippen LogP contribution in [-0.4, -0.2) is 50.2 Å². The van der Waals surface area contributed by atoms with Gasteiger partial charge in [0, 0.05) is 25.1 Å². The summed E-state index contributed by atoms with van der Waals surface area (Å²) in [7, 11) is 4.26. The van der Waals surface area contributed by atoms with Crippen LogP contribution in [0.5, 0.6) is 11.5 Å². The number of methoxy groups -OCH3 is 2. The summed E-state index contributed by atoms with van der Waals surface area (Å²) in [6.07, 6.45) is 4.19. The Bertz CT molecular complexity index is 835. The number of ether oxygens (including phenoxy) is 2. The molecule has 1 unspecified atom stereocenters. The summed E-state index contributed by atoms with van der Waals surface area (Å²) in [6, 6.07) is 14.5. The number of carbonyl (C=O) groups is 1. The van der Waals surface area contributed by atoms with Crippen molar-refractivity contribution < 1.29 is 19.4 Å². The Morgan fingerprint density at radius 2 is 1.61 bits per heavy atom. The summed E-state index contributed by atoms with van der Waals surface area (Å²) in [5, 5.41) is 7.00. The first kappa shape index (κ1) is 25.2.